The first-order chi connectivity index (χ1) is 6.61. The Labute approximate surface area is 80.6 Å². The maximum atomic E-state index is 12.6. The Morgan fingerprint density at radius 3 is 2.64 bits per heavy atom. The molecule has 1 heterocycles. The third kappa shape index (κ3) is 1.88. The molecule has 14 heavy (non-hydrogen) atoms. The molecule has 0 bridgehead atoms. The van der Waals surface area contributed by atoms with Gasteiger partial charge in [-0.1, -0.05) is 0 Å². The number of pyridine rings is 1. The maximum Gasteiger partial charge on any atom is 0.266 e. The summed E-state index contributed by atoms with van der Waals surface area (Å²) >= 11 is 0. The van der Waals surface area contributed by atoms with E-state index in [4.69, 9.17) is 10.8 Å². The van der Waals surface area contributed by atoms with Crippen molar-refractivity contribution in [2.24, 2.45) is 5.73 Å². The van der Waals surface area contributed by atoms with Gasteiger partial charge in [0.15, 0.2) is 0 Å². The van der Waals surface area contributed by atoms with Gasteiger partial charge in [0.25, 0.3) is 6.43 Å². The van der Waals surface area contributed by atoms with Gasteiger partial charge < -0.3 is 10.8 Å². The molecule has 1 aromatic heterocycles. The van der Waals surface area contributed by atoms with Crippen LogP contribution in [0.1, 0.15) is 28.8 Å². The Bertz CT molecular complexity index is 329. The van der Waals surface area contributed by atoms with E-state index < -0.39 is 13.0 Å². The fourth-order valence-corrected chi connectivity index (χ4v) is 1.34. The van der Waals surface area contributed by atoms with E-state index >= 15 is 0 Å². The van der Waals surface area contributed by atoms with Crippen molar-refractivity contribution in [3.8, 4) is 0 Å². The van der Waals surface area contributed by atoms with E-state index in [1.54, 1.807) is 6.92 Å². The SMILES string of the molecule is Cc1cnc(CN)c(C(F)F)c1CO. The second kappa shape index (κ2) is 4.43. The summed E-state index contributed by atoms with van der Waals surface area (Å²) in [6.45, 7) is 1.17. The minimum atomic E-state index is -2.65. The second-order valence-electron chi connectivity index (χ2n) is 2.94. The average molecular weight is 202 g/mol. The molecule has 0 aliphatic heterocycles. The van der Waals surface area contributed by atoms with Crippen LogP contribution in [0.4, 0.5) is 8.78 Å². The summed E-state index contributed by atoms with van der Waals surface area (Å²) in [5.41, 5.74) is 5.99. The largest absolute Gasteiger partial charge is 0.392 e. The van der Waals surface area contributed by atoms with Crippen molar-refractivity contribution in [1.29, 1.82) is 0 Å². The van der Waals surface area contributed by atoms with Crippen LogP contribution in [0.5, 0.6) is 0 Å². The fraction of sp³-hybridized carbons (Fsp3) is 0.444. The number of hydrogen-bond donors (Lipinski definition) is 2. The number of aliphatic hydroxyl groups is 1. The van der Waals surface area contributed by atoms with Crippen LogP contribution in [0, 0.1) is 6.92 Å². The lowest BCUT2D eigenvalue weighted by Gasteiger charge is -2.12. The van der Waals surface area contributed by atoms with E-state index in [9.17, 15) is 8.78 Å². The minimum absolute atomic E-state index is 0.0487. The van der Waals surface area contributed by atoms with Gasteiger partial charge in [-0.25, -0.2) is 8.78 Å². The fourth-order valence-electron chi connectivity index (χ4n) is 1.34. The molecule has 0 spiro atoms. The third-order valence-corrected chi connectivity index (χ3v) is 2.10. The van der Waals surface area contributed by atoms with Crippen LogP contribution in [-0.2, 0) is 13.2 Å². The molecule has 0 radical (unpaired) electrons. The molecule has 78 valence electrons. The van der Waals surface area contributed by atoms with Crippen LogP contribution in [0.3, 0.4) is 0 Å². The van der Waals surface area contributed by atoms with Gasteiger partial charge in [0.2, 0.25) is 0 Å². The lowest BCUT2D eigenvalue weighted by atomic mass is 10.0. The van der Waals surface area contributed by atoms with Gasteiger partial charge in [0, 0.05) is 18.3 Å². The van der Waals surface area contributed by atoms with Crippen LogP contribution >= 0.6 is 0 Å². The molecule has 0 saturated carbocycles. The maximum absolute atomic E-state index is 12.6. The van der Waals surface area contributed by atoms with Crippen LogP contribution in [0.25, 0.3) is 0 Å². The molecule has 0 aliphatic carbocycles. The van der Waals surface area contributed by atoms with Crippen molar-refractivity contribution in [2.75, 3.05) is 0 Å². The Kier molecular flexibility index (Phi) is 3.49. The first-order valence-electron chi connectivity index (χ1n) is 4.18. The molecule has 0 fully saturated rings. The molecule has 3 N–H and O–H groups in total. The number of aryl methyl sites for hydroxylation is 1. The molecule has 0 unspecified atom stereocenters. The molecule has 1 rings (SSSR count). The van der Waals surface area contributed by atoms with E-state index in [-0.39, 0.29) is 23.4 Å². The van der Waals surface area contributed by atoms with E-state index in [1.807, 2.05) is 0 Å². The number of aliphatic hydroxyl groups excluding tert-OH is 1. The summed E-state index contributed by atoms with van der Waals surface area (Å²) in [5, 5.41) is 8.97. The van der Waals surface area contributed by atoms with Gasteiger partial charge in [-0.3, -0.25) is 4.98 Å². The second-order valence-corrected chi connectivity index (χ2v) is 2.94. The summed E-state index contributed by atoms with van der Waals surface area (Å²) < 4.78 is 25.3. The van der Waals surface area contributed by atoms with Gasteiger partial charge in [0.1, 0.15) is 0 Å². The van der Waals surface area contributed by atoms with Crippen LogP contribution in [-0.4, -0.2) is 10.1 Å². The monoisotopic (exact) mass is 202 g/mol. The highest BCUT2D eigenvalue weighted by Crippen LogP contribution is 2.27. The zero-order valence-corrected chi connectivity index (χ0v) is 7.80. The van der Waals surface area contributed by atoms with Gasteiger partial charge in [-0.2, -0.15) is 0 Å². The predicted molar refractivity (Wildman–Crippen MR) is 47.7 cm³/mol. The van der Waals surface area contributed by atoms with E-state index in [2.05, 4.69) is 4.98 Å². The third-order valence-electron chi connectivity index (χ3n) is 2.10. The van der Waals surface area contributed by atoms with Crippen molar-refractivity contribution >= 4 is 0 Å². The van der Waals surface area contributed by atoms with E-state index in [0.717, 1.165) is 0 Å². The summed E-state index contributed by atoms with van der Waals surface area (Å²) in [6, 6.07) is 0. The predicted octanol–water partition coefficient (Wildman–Crippen LogP) is 1.28. The van der Waals surface area contributed by atoms with Crippen LogP contribution < -0.4 is 5.73 Å². The van der Waals surface area contributed by atoms with Crippen molar-refractivity contribution < 1.29 is 13.9 Å². The molecule has 1 aromatic rings. The highest BCUT2D eigenvalue weighted by Gasteiger charge is 2.19. The number of halogens is 2. The summed E-state index contributed by atoms with van der Waals surface area (Å²) in [5.74, 6) is 0. The molecular weight excluding hydrogens is 190 g/mol. The van der Waals surface area contributed by atoms with E-state index in [0.29, 0.717) is 5.56 Å². The highest BCUT2D eigenvalue weighted by molar-refractivity contribution is 5.36. The van der Waals surface area contributed by atoms with Gasteiger partial charge >= 0.3 is 0 Å². The quantitative estimate of drug-likeness (QED) is 0.776. The number of nitrogens with zero attached hydrogens (tertiary/aromatic N) is 1. The molecule has 5 heteroatoms. The molecule has 0 aliphatic rings. The highest BCUT2D eigenvalue weighted by atomic mass is 19.3. The van der Waals surface area contributed by atoms with Gasteiger partial charge in [-0.15, -0.1) is 0 Å². The Balaban J connectivity index is 3.36. The number of hydrogen-bond acceptors (Lipinski definition) is 3. The number of aromatic nitrogens is 1. The molecule has 0 saturated heterocycles. The molecule has 0 atom stereocenters. The first kappa shape index (κ1) is 11.0. The van der Waals surface area contributed by atoms with Crippen LogP contribution in [0.15, 0.2) is 6.20 Å². The summed E-state index contributed by atoms with van der Waals surface area (Å²) in [6.07, 6.45) is -1.21. The Morgan fingerprint density at radius 2 is 2.21 bits per heavy atom. The standard InChI is InChI=1S/C9H12F2N2O/c1-5-3-13-7(2-12)8(9(10)11)6(5)4-14/h3,9,14H,2,4,12H2,1H3. The minimum Gasteiger partial charge on any atom is -0.392 e. The number of nitrogens with two attached hydrogens (primary N) is 1. The van der Waals surface area contributed by atoms with Crippen molar-refractivity contribution in [3.05, 3.63) is 28.6 Å². The molecule has 0 aromatic carbocycles. The topological polar surface area (TPSA) is 59.1 Å². The number of rotatable bonds is 3. The van der Waals surface area contributed by atoms with Gasteiger partial charge in [-0.05, 0) is 18.1 Å². The first-order valence-corrected chi connectivity index (χ1v) is 4.18. The Morgan fingerprint density at radius 1 is 1.57 bits per heavy atom. The van der Waals surface area contributed by atoms with Crippen molar-refractivity contribution in [2.45, 2.75) is 26.5 Å². The smallest absolute Gasteiger partial charge is 0.266 e. The lowest BCUT2D eigenvalue weighted by molar-refractivity contribution is 0.145. The summed E-state index contributed by atoms with van der Waals surface area (Å²) in [7, 11) is 0. The summed E-state index contributed by atoms with van der Waals surface area (Å²) in [4.78, 5) is 3.81. The van der Waals surface area contributed by atoms with Crippen molar-refractivity contribution in [1.82, 2.24) is 4.98 Å². The van der Waals surface area contributed by atoms with Crippen LogP contribution in [0.2, 0.25) is 0 Å². The molecular formula is C9H12F2N2O. The Hall–Kier alpha value is -1.07. The zero-order valence-electron chi connectivity index (χ0n) is 7.80. The lowest BCUT2D eigenvalue weighted by Crippen LogP contribution is -2.09. The normalized spacial score (nSPS) is 11.0. The molecule has 3 nitrogen and oxygen atoms in total. The zero-order chi connectivity index (χ0) is 10.7. The van der Waals surface area contributed by atoms with E-state index in [1.165, 1.54) is 6.20 Å². The van der Waals surface area contributed by atoms with Gasteiger partial charge in [0.05, 0.1) is 12.3 Å². The average Bonchev–Trinajstić information content (AvgIpc) is 2.17. The number of alkyl halides is 2. The molecule has 0 amide bonds. The van der Waals surface area contributed by atoms with Crippen molar-refractivity contribution in [3.63, 3.8) is 0 Å².